The number of amides is 1. The molecule has 2 aromatic rings. The maximum Gasteiger partial charge on any atom is 0.422 e. The Kier molecular flexibility index (Phi) is 8.04. The van der Waals surface area contributed by atoms with Crippen molar-refractivity contribution >= 4 is 35.7 Å². The van der Waals surface area contributed by atoms with Gasteiger partial charge in [-0.25, -0.2) is 9.59 Å². The maximum absolute atomic E-state index is 13.2. The molecule has 0 atom stereocenters. The summed E-state index contributed by atoms with van der Waals surface area (Å²) in [6.45, 7) is 6.24. The molecule has 1 heterocycles. The fourth-order valence-corrected chi connectivity index (χ4v) is 4.54. The minimum atomic E-state index is -4.67. The van der Waals surface area contributed by atoms with Crippen molar-refractivity contribution in [3.8, 4) is 16.9 Å². The number of carboxylic acid groups (broad SMARTS) is 2. The van der Waals surface area contributed by atoms with Gasteiger partial charge in [0.05, 0.1) is 0 Å². The highest BCUT2D eigenvalue weighted by atomic mass is 19.4. The minimum Gasteiger partial charge on any atom is -0.483 e. The summed E-state index contributed by atoms with van der Waals surface area (Å²) in [5.74, 6) is -2.88. The molecule has 0 saturated heterocycles. The van der Waals surface area contributed by atoms with E-state index in [1.54, 1.807) is 17.9 Å². The van der Waals surface area contributed by atoms with Gasteiger partial charge in [-0.05, 0) is 66.5 Å². The standard InChI is InChI=1S/C28H28F3NO6/c1-5-32-22-13-19(16(2)10-21(22)27(3,4)14-23(32)33)20-12-17(6-8-24(34)35)11-18(7-9-25(36)37)26(20)38-15-28(29,30)31/h6-13H,5,14-15H2,1-4H3,(H,34,35)(H,36,37)/b8-6+,9-7+. The van der Waals surface area contributed by atoms with Crippen LogP contribution in [0.3, 0.4) is 0 Å². The van der Waals surface area contributed by atoms with Crippen LogP contribution in [0.25, 0.3) is 23.3 Å². The molecule has 0 radical (unpaired) electrons. The van der Waals surface area contributed by atoms with E-state index in [0.29, 0.717) is 35.3 Å². The maximum atomic E-state index is 13.2. The SMILES string of the molecule is CCN1C(=O)CC(C)(C)c2cc(C)c(-c3cc(/C=C/C(=O)O)cc(/C=C/C(=O)O)c3OCC(F)(F)F)cc21. The molecule has 0 aromatic heterocycles. The minimum absolute atomic E-state index is 0.0139. The Hall–Kier alpha value is -4.08. The van der Waals surface area contributed by atoms with E-state index in [0.717, 1.165) is 23.8 Å². The van der Waals surface area contributed by atoms with Crippen LogP contribution in [0.5, 0.6) is 5.75 Å². The average molecular weight is 532 g/mol. The van der Waals surface area contributed by atoms with E-state index >= 15 is 0 Å². The van der Waals surface area contributed by atoms with Gasteiger partial charge in [0.15, 0.2) is 6.61 Å². The van der Waals surface area contributed by atoms with Crippen molar-refractivity contribution in [1.29, 1.82) is 0 Å². The zero-order chi connectivity index (χ0) is 28.4. The van der Waals surface area contributed by atoms with Crippen molar-refractivity contribution in [2.75, 3.05) is 18.1 Å². The monoisotopic (exact) mass is 531 g/mol. The molecule has 0 bridgehead atoms. The Balaban J connectivity index is 2.37. The largest absolute Gasteiger partial charge is 0.483 e. The summed E-state index contributed by atoms with van der Waals surface area (Å²) < 4.78 is 44.8. The van der Waals surface area contributed by atoms with Crippen LogP contribution >= 0.6 is 0 Å². The van der Waals surface area contributed by atoms with E-state index in [-0.39, 0.29) is 22.8 Å². The lowest BCUT2D eigenvalue weighted by molar-refractivity contribution is -0.153. The third-order valence-corrected chi connectivity index (χ3v) is 6.21. The van der Waals surface area contributed by atoms with Crippen LogP contribution in [0.2, 0.25) is 0 Å². The molecule has 1 amide bonds. The summed E-state index contributed by atoms with van der Waals surface area (Å²) >= 11 is 0. The fraction of sp³-hybridized carbons (Fsp3) is 0.321. The molecule has 7 nitrogen and oxygen atoms in total. The highest BCUT2D eigenvalue weighted by Crippen LogP contribution is 2.46. The van der Waals surface area contributed by atoms with Gasteiger partial charge in [-0.2, -0.15) is 13.2 Å². The second-order valence-electron chi connectivity index (χ2n) is 9.62. The average Bonchev–Trinajstić information content (AvgIpc) is 2.79. The number of benzene rings is 2. The second kappa shape index (κ2) is 10.7. The topological polar surface area (TPSA) is 104 Å². The van der Waals surface area contributed by atoms with Gasteiger partial charge in [0.1, 0.15) is 5.75 Å². The number of ether oxygens (including phenoxy) is 1. The highest BCUT2D eigenvalue weighted by molar-refractivity contribution is 5.99. The molecule has 1 aliphatic rings. The number of rotatable bonds is 8. The number of carboxylic acids is 2. The van der Waals surface area contributed by atoms with Crippen LogP contribution in [0.4, 0.5) is 18.9 Å². The van der Waals surface area contributed by atoms with Crippen molar-refractivity contribution in [2.45, 2.75) is 45.7 Å². The van der Waals surface area contributed by atoms with E-state index in [4.69, 9.17) is 14.9 Å². The number of halogens is 3. The molecule has 202 valence electrons. The van der Waals surface area contributed by atoms with Crippen molar-refractivity contribution in [3.05, 3.63) is 58.7 Å². The summed E-state index contributed by atoms with van der Waals surface area (Å²) in [6, 6.07) is 6.43. The molecular weight excluding hydrogens is 503 g/mol. The molecule has 0 unspecified atom stereocenters. The number of alkyl halides is 3. The van der Waals surface area contributed by atoms with Gasteiger partial charge >= 0.3 is 18.1 Å². The number of hydrogen-bond acceptors (Lipinski definition) is 4. The van der Waals surface area contributed by atoms with Crippen LogP contribution < -0.4 is 9.64 Å². The fourth-order valence-electron chi connectivity index (χ4n) is 4.54. The van der Waals surface area contributed by atoms with Crippen molar-refractivity contribution < 1.29 is 42.5 Å². The summed E-state index contributed by atoms with van der Waals surface area (Å²) in [7, 11) is 0. The first-order valence-corrected chi connectivity index (χ1v) is 11.8. The van der Waals surface area contributed by atoms with E-state index in [9.17, 15) is 27.6 Å². The number of nitrogens with zero attached hydrogens (tertiary/aromatic N) is 1. The lowest BCUT2D eigenvalue weighted by atomic mass is 9.75. The zero-order valence-corrected chi connectivity index (χ0v) is 21.3. The smallest absolute Gasteiger partial charge is 0.422 e. The second-order valence-corrected chi connectivity index (χ2v) is 9.62. The van der Waals surface area contributed by atoms with Crippen LogP contribution in [-0.4, -0.2) is 47.4 Å². The molecule has 0 spiro atoms. The first kappa shape index (κ1) is 28.5. The molecule has 3 rings (SSSR count). The molecule has 2 aromatic carbocycles. The number of carbonyl (C=O) groups is 3. The molecule has 0 fully saturated rings. The van der Waals surface area contributed by atoms with Crippen molar-refractivity contribution in [3.63, 3.8) is 0 Å². The summed E-state index contributed by atoms with van der Waals surface area (Å²) in [5.41, 5.74) is 2.70. The molecule has 38 heavy (non-hydrogen) atoms. The molecule has 0 aliphatic carbocycles. The number of anilines is 1. The van der Waals surface area contributed by atoms with Gasteiger partial charge < -0.3 is 19.8 Å². The number of aryl methyl sites for hydroxylation is 1. The van der Waals surface area contributed by atoms with Crippen molar-refractivity contribution in [2.24, 2.45) is 0 Å². The van der Waals surface area contributed by atoms with Crippen LogP contribution in [0.15, 0.2) is 36.4 Å². The zero-order valence-electron chi connectivity index (χ0n) is 21.3. The Morgan fingerprint density at radius 3 is 2.26 bits per heavy atom. The van der Waals surface area contributed by atoms with Crippen LogP contribution in [0, 0.1) is 6.92 Å². The Bertz CT molecular complexity index is 1340. The van der Waals surface area contributed by atoms with E-state index in [1.807, 2.05) is 26.8 Å². The molecule has 2 N–H and O–H groups in total. The molecule has 0 saturated carbocycles. The third-order valence-electron chi connectivity index (χ3n) is 6.21. The van der Waals surface area contributed by atoms with Gasteiger partial charge in [0, 0.05) is 47.3 Å². The highest BCUT2D eigenvalue weighted by Gasteiger charge is 2.37. The third kappa shape index (κ3) is 6.42. The van der Waals surface area contributed by atoms with Gasteiger partial charge in [-0.15, -0.1) is 0 Å². The first-order chi connectivity index (χ1) is 17.6. The summed E-state index contributed by atoms with van der Waals surface area (Å²) in [5, 5.41) is 18.2. The van der Waals surface area contributed by atoms with Crippen molar-refractivity contribution in [1.82, 2.24) is 0 Å². The predicted molar refractivity (Wildman–Crippen MR) is 137 cm³/mol. The summed E-state index contributed by atoms with van der Waals surface area (Å²) in [4.78, 5) is 36.8. The molecular formula is C28H28F3NO6. The summed E-state index contributed by atoms with van der Waals surface area (Å²) in [6.07, 6.45) is -0.423. The normalized spacial score (nSPS) is 15.2. The number of carbonyl (C=O) groups excluding carboxylic acids is 1. The molecule has 10 heteroatoms. The molecule has 1 aliphatic heterocycles. The van der Waals surface area contributed by atoms with Gasteiger partial charge in [0.25, 0.3) is 0 Å². The Labute approximate surface area is 217 Å². The van der Waals surface area contributed by atoms with Gasteiger partial charge in [-0.3, -0.25) is 4.79 Å². The van der Waals surface area contributed by atoms with E-state index in [2.05, 4.69) is 0 Å². The first-order valence-electron chi connectivity index (χ1n) is 11.8. The van der Waals surface area contributed by atoms with E-state index in [1.165, 1.54) is 18.2 Å². The Morgan fingerprint density at radius 2 is 1.68 bits per heavy atom. The number of aliphatic carboxylic acids is 2. The van der Waals surface area contributed by atoms with Gasteiger partial charge in [0.2, 0.25) is 5.91 Å². The van der Waals surface area contributed by atoms with Crippen LogP contribution in [0.1, 0.15) is 49.4 Å². The lowest BCUT2D eigenvalue weighted by Crippen LogP contribution is -2.41. The predicted octanol–water partition coefficient (Wildman–Crippen LogP) is 5.83. The number of fused-ring (bicyclic) bond motifs is 1. The van der Waals surface area contributed by atoms with Gasteiger partial charge in [-0.1, -0.05) is 19.9 Å². The number of hydrogen-bond donors (Lipinski definition) is 2. The van der Waals surface area contributed by atoms with Crippen LogP contribution in [-0.2, 0) is 19.8 Å². The quantitative estimate of drug-likeness (QED) is 0.415. The lowest BCUT2D eigenvalue weighted by Gasteiger charge is -2.39. The Morgan fingerprint density at radius 1 is 1.05 bits per heavy atom. The van der Waals surface area contributed by atoms with E-state index < -0.39 is 30.1 Å².